The van der Waals surface area contributed by atoms with E-state index in [0.29, 0.717) is 5.21 Å². The number of hydrogen-bond donors (Lipinski definition) is 0. The van der Waals surface area contributed by atoms with Crippen LogP contribution in [0.2, 0.25) is 0 Å². The monoisotopic (exact) mass is 212 g/mol. The molecule has 0 amide bonds. The predicted octanol–water partition coefficient (Wildman–Crippen LogP) is 2.55. The second kappa shape index (κ2) is 4.43. The van der Waals surface area contributed by atoms with Crippen LogP contribution in [0.25, 0.3) is 0 Å². The molecule has 56 valence electrons. The Bertz CT molecular complexity index is 202. The molecule has 10 heavy (non-hydrogen) atoms. The first kappa shape index (κ1) is 8.64. The molecule has 0 aliphatic rings. The highest BCUT2D eigenvalue weighted by Gasteiger charge is 2.00. The quantitative estimate of drug-likeness (QED) is 0.568. The molecule has 0 bridgehead atoms. The number of aromatic nitrogens is 2. The van der Waals surface area contributed by atoms with Gasteiger partial charge in [-0.15, -0.1) is 11.6 Å². The molecule has 0 aliphatic carbocycles. The summed E-state index contributed by atoms with van der Waals surface area (Å²) in [7, 11) is 0. The van der Waals surface area contributed by atoms with Crippen molar-refractivity contribution in [3.05, 3.63) is 0 Å². The topological polar surface area (TPSA) is 25.8 Å². The van der Waals surface area contributed by atoms with Crippen LogP contribution in [0.15, 0.2) is 9.50 Å². The SMILES string of the molecule is CSc1nsc(SCCl)n1. The molecule has 1 heterocycles. The van der Waals surface area contributed by atoms with E-state index in [9.17, 15) is 0 Å². The van der Waals surface area contributed by atoms with Crippen molar-refractivity contribution in [3.63, 3.8) is 0 Å². The lowest BCUT2D eigenvalue weighted by Gasteiger charge is -1.83. The molecular formula is C4H5ClN2S3. The molecule has 1 rings (SSSR count). The third-order valence-corrected chi connectivity index (χ3v) is 3.28. The first-order valence-corrected chi connectivity index (χ1v) is 5.95. The zero-order chi connectivity index (χ0) is 7.40. The standard InChI is InChI=1S/C4H5ClN2S3/c1-8-3-6-4(9-2-5)10-7-3/h2H2,1H3. The maximum absolute atomic E-state index is 5.48. The zero-order valence-electron chi connectivity index (χ0n) is 5.20. The van der Waals surface area contributed by atoms with Crippen molar-refractivity contribution in [2.45, 2.75) is 9.50 Å². The van der Waals surface area contributed by atoms with Crippen LogP contribution in [-0.2, 0) is 0 Å². The van der Waals surface area contributed by atoms with Gasteiger partial charge in [0.05, 0.1) is 5.21 Å². The molecule has 2 nitrogen and oxygen atoms in total. The molecule has 0 fully saturated rings. The van der Waals surface area contributed by atoms with Crippen molar-refractivity contribution >= 4 is 46.7 Å². The van der Waals surface area contributed by atoms with Crippen molar-refractivity contribution in [1.82, 2.24) is 9.36 Å². The predicted molar refractivity (Wildman–Crippen MR) is 48.3 cm³/mol. The number of alkyl halides is 1. The molecule has 6 heteroatoms. The van der Waals surface area contributed by atoms with E-state index in [1.165, 1.54) is 23.3 Å². The van der Waals surface area contributed by atoms with Gasteiger partial charge in [-0.3, -0.25) is 0 Å². The van der Waals surface area contributed by atoms with Crippen LogP contribution in [0.1, 0.15) is 0 Å². The highest BCUT2D eigenvalue weighted by atomic mass is 35.5. The lowest BCUT2D eigenvalue weighted by Crippen LogP contribution is -1.70. The molecule has 0 N–H and O–H groups in total. The maximum atomic E-state index is 5.48. The number of halogens is 1. The largest absolute Gasteiger partial charge is 0.203 e. The second-order valence-electron chi connectivity index (χ2n) is 1.30. The van der Waals surface area contributed by atoms with E-state index in [2.05, 4.69) is 9.36 Å². The van der Waals surface area contributed by atoms with Gasteiger partial charge in [-0.2, -0.15) is 4.37 Å². The van der Waals surface area contributed by atoms with Crippen molar-refractivity contribution < 1.29 is 0 Å². The molecule has 0 radical (unpaired) electrons. The summed E-state index contributed by atoms with van der Waals surface area (Å²) in [4.78, 5) is 4.17. The van der Waals surface area contributed by atoms with Gasteiger partial charge in [0.2, 0.25) is 5.16 Å². The van der Waals surface area contributed by atoms with Crippen molar-refractivity contribution in [1.29, 1.82) is 0 Å². The Balaban J connectivity index is 2.59. The van der Waals surface area contributed by atoms with Gasteiger partial charge in [-0.25, -0.2) is 4.98 Å². The number of thioether (sulfide) groups is 2. The Morgan fingerprint density at radius 3 is 3.00 bits per heavy atom. The highest BCUT2D eigenvalue weighted by Crippen LogP contribution is 2.23. The summed E-state index contributed by atoms with van der Waals surface area (Å²) in [6.45, 7) is 0. The summed E-state index contributed by atoms with van der Waals surface area (Å²) < 4.78 is 5.01. The molecule has 0 saturated heterocycles. The van der Waals surface area contributed by atoms with Crippen LogP contribution in [-0.4, -0.2) is 20.8 Å². The molecule has 0 unspecified atom stereocenters. The minimum Gasteiger partial charge on any atom is -0.203 e. The van der Waals surface area contributed by atoms with Gasteiger partial charge in [0.15, 0.2) is 4.34 Å². The van der Waals surface area contributed by atoms with Crippen LogP contribution in [0.5, 0.6) is 0 Å². The molecule has 1 aromatic heterocycles. The van der Waals surface area contributed by atoms with Gasteiger partial charge in [-0.05, 0) is 17.8 Å². The molecule has 0 spiro atoms. The van der Waals surface area contributed by atoms with Crippen LogP contribution >= 0.6 is 46.7 Å². The summed E-state index contributed by atoms with van der Waals surface area (Å²) in [6.07, 6.45) is 1.96. The van der Waals surface area contributed by atoms with E-state index >= 15 is 0 Å². The fraction of sp³-hybridized carbons (Fsp3) is 0.500. The van der Waals surface area contributed by atoms with Crippen LogP contribution < -0.4 is 0 Å². The maximum Gasteiger partial charge on any atom is 0.200 e. The summed E-state index contributed by atoms with van der Waals surface area (Å²) >= 11 is 9.93. The van der Waals surface area contributed by atoms with Crippen molar-refractivity contribution in [2.75, 3.05) is 11.5 Å². The lowest BCUT2D eigenvalue weighted by atomic mass is 11.3. The van der Waals surface area contributed by atoms with Gasteiger partial charge < -0.3 is 0 Å². The van der Waals surface area contributed by atoms with E-state index in [1.54, 1.807) is 11.8 Å². The average Bonchev–Trinajstić information content (AvgIpc) is 2.37. The summed E-state index contributed by atoms with van der Waals surface area (Å²) in [6, 6.07) is 0. The number of rotatable bonds is 3. The van der Waals surface area contributed by atoms with E-state index < -0.39 is 0 Å². The number of hydrogen-bond acceptors (Lipinski definition) is 5. The Hall–Kier alpha value is 0.550. The molecule has 0 saturated carbocycles. The van der Waals surface area contributed by atoms with Gasteiger partial charge in [-0.1, -0.05) is 23.5 Å². The van der Waals surface area contributed by atoms with Crippen molar-refractivity contribution in [2.24, 2.45) is 0 Å². The molecule has 0 atom stereocenters. The second-order valence-corrected chi connectivity index (χ2v) is 4.63. The van der Waals surface area contributed by atoms with Crippen molar-refractivity contribution in [3.8, 4) is 0 Å². The van der Waals surface area contributed by atoms with E-state index in [1.807, 2.05) is 6.26 Å². The van der Waals surface area contributed by atoms with E-state index in [4.69, 9.17) is 11.6 Å². The van der Waals surface area contributed by atoms with E-state index in [0.717, 1.165) is 9.50 Å². The van der Waals surface area contributed by atoms with Crippen LogP contribution in [0.4, 0.5) is 0 Å². The third-order valence-electron chi connectivity index (χ3n) is 0.749. The first-order valence-electron chi connectivity index (χ1n) is 2.43. The fourth-order valence-corrected chi connectivity index (χ4v) is 2.67. The minimum absolute atomic E-state index is 0.545. The Labute approximate surface area is 76.9 Å². The van der Waals surface area contributed by atoms with Gasteiger partial charge >= 0.3 is 0 Å². The fourth-order valence-electron chi connectivity index (χ4n) is 0.385. The van der Waals surface area contributed by atoms with Gasteiger partial charge in [0.25, 0.3) is 0 Å². The Morgan fingerprint density at radius 2 is 2.50 bits per heavy atom. The molecule has 1 aromatic rings. The third kappa shape index (κ3) is 2.30. The summed E-state index contributed by atoms with van der Waals surface area (Å²) in [5, 5.41) is 1.38. The van der Waals surface area contributed by atoms with Crippen LogP contribution in [0.3, 0.4) is 0 Å². The summed E-state index contributed by atoms with van der Waals surface area (Å²) in [5.41, 5.74) is 0. The molecular weight excluding hydrogens is 208 g/mol. The highest BCUT2D eigenvalue weighted by molar-refractivity contribution is 8.02. The van der Waals surface area contributed by atoms with E-state index in [-0.39, 0.29) is 0 Å². The smallest absolute Gasteiger partial charge is 0.200 e. The number of nitrogens with zero attached hydrogens (tertiary/aromatic N) is 2. The Morgan fingerprint density at radius 1 is 1.70 bits per heavy atom. The zero-order valence-corrected chi connectivity index (χ0v) is 8.41. The minimum atomic E-state index is 0.545. The normalized spacial score (nSPS) is 10.2. The first-order chi connectivity index (χ1) is 4.86. The van der Waals surface area contributed by atoms with Gasteiger partial charge in [0.1, 0.15) is 0 Å². The Kier molecular flexibility index (Phi) is 3.83. The van der Waals surface area contributed by atoms with Gasteiger partial charge in [0, 0.05) is 0 Å². The molecule has 0 aromatic carbocycles. The average molecular weight is 213 g/mol. The summed E-state index contributed by atoms with van der Waals surface area (Å²) in [5.74, 6) is 0. The van der Waals surface area contributed by atoms with Crippen LogP contribution in [0, 0.1) is 0 Å². The molecule has 0 aliphatic heterocycles. The lowest BCUT2D eigenvalue weighted by molar-refractivity contribution is 1.02.